The largest absolute Gasteiger partial charge is 0.482 e. The molecule has 0 aromatic heterocycles. The van der Waals surface area contributed by atoms with Gasteiger partial charge in [-0.3, -0.25) is 4.79 Å². The van der Waals surface area contributed by atoms with Crippen LogP contribution in [0.4, 0.5) is 0 Å². The van der Waals surface area contributed by atoms with E-state index in [1.165, 1.54) is 52.4 Å². The minimum atomic E-state index is -0.505. The molecule has 4 rings (SSSR count). The predicted molar refractivity (Wildman–Crippen MR) is 158 cm³/mol. The summed E-state index contributed by atoms with van der Waals surface area (Å²) in [5.41, 5.74) is 1.46. The van der Waals surface area contributed by atoms with E-state index in [1.807, 2.05) is 40.8 Å². The Balaban J connectivity index is 1.38. The standard InChI is InChI=1S/C31H34IO5S/c1-23(32)31(34)36-21-20-35-30(33)22-37-26-14-18-29(19-15-26)38(27-10-6-3-7-11-27)28-16-12-25(13-17-28)24-8-4-2-5-9-24/h3,6-7,10-19,23-24H,2,4-5,8-9,20-22H2,1H3/q+1. The van der Waals surface area contributed by atoms with Crippen LogP contribution in [0.2, 0.25) is 0 Å². The normalized spacial score (nSPS) is 15.3. The number of ether oxygens (including phenoxy) is 3. The first kappa shape index (κ1) is 28.5. The summed E-state index contributed by atoms with van der Waals surface area (Å²) in [5, 5.41) is 0. The van der Waals surface area contributed by atoms with Crippen LogP contribution in [0.5, 0.6) is 5.75 Å². The highest BCUT2D eigenvalue weighted by Gasteiger charge is 2.29. The molecular weight excluding hydrogens is 611 g/mol. The van der Waals surface area contributed by atoms with Crippen LogP contribution >= 0.6 is 22.6 Å². The molecule has 200 valence electrons. The van der Waals surface area contributed by atoms with Crippen LogP contribution < -0.4 is 4.74 Å². The van der Waals surface area contributed by atoms with Crippen LogP contribution in [0.25, 0.3) is 0 Å². The van der Waals surface area contributed by atoms with Crippen molar-refractivity contribution in [3.8, 4) is 5.75 Å². The molecule has 1 aliphatic rings. The first-order valence-electron chi connectivity index (χ1n) is 13.1. The van der Waals surface area contributed by atoms with Gasteiger partial charge < -0.3 is 14.2 Å². The Morgan fingerprint density at radius 1 is 0.816 bits per heavy atom. The lowest BCUT2D eigenvalue weighted by Gasteiger charge is -2.22. The van der Waals surface area contributed by atoms with E-state index >= 15 is 0 Å². The van der Waals surface area contributed by atoms with Gasteiger partial charge in [0.15, 0.2) is 21.3 Å². The van der Waals surface area contributed by atoms with Crippen molar-refractivity contribution in [1.82, 2.24) is 0 Å². The van der Waals surface area contributed by atoms with Gasteiger partial charge in [0.2, 0.25) is 0 Å². The Morgan fingerprint density at radius 2 is 1.39 bits per heavy atom. The number of benzene rings is 3. The molecule has 0 radical (unpaired) electrons. The Labute approximate surface area is 241 Å². The Hall–Kier alpha value is -2.52. The van der Waals surface area contributed by atoms with Crippen molar-refractivity contribution in [2.24, 2.45) is 0 Å². The summed E-state index contributed by atoms with van der Waals surface area (Å²) in [5.74, 6) is 0.455. The van der Waals surface area contributed by atoms with E-state index in [0.717, 1.165) is 0 Å². The maximum Gasteiger partial charge on any atom is 0.344 e. The number of carbonyl (C=O) groups excluding carboxylic acids is 2. The number of esters is 2. The molecule has 3 aromatic carbocycles. The van der Waals surface area contributed by atoms with Crippen molar-refractivity contribution >= 4 is 45.4 Å². The predicted octanol–water partition coefficient (Wildman–Crippen LogP) is 7.12. The second kappa shape index (κ2) is 14.6. The number of carbonyl (C=O) groups is 2. The number of hydrogen-bond acceptors (Lipinski definition) is 5. The second-order valence-electron chi connectivity index (χ2n) is 9.29. The maximum atomic E-state index is 12.0. The van der Waals surface area contributed by atoms with E-state index in [2.05, 4.69) is 60.7 Å². The summed E-state index contributed by atoms with van der Waals surface area (Å²) in [7, 11) is -0.251. The van der Waals surface area contributed by atoms with E-state index in [4.69, 9.17) is 14.2 Å². The van der Waals surface area contributed by atoms with Crippen LogP contribution in [0.1, 0.15) is 50.5 Å². The molecule has 0 bridgehead atoms. The van der Waals surface area contributed by atoms with Crippen LogP contribution in [0.15, 0.2) is 93.5 Å². The zero-order chi connectivity index (χ0) is 26.7. The molecule has 2 unspecified atom stereocenters. The zero-order valence-corrected chi connectivity index (χ0v) is 24.6. The van der Waals surface area contributed by atoms with Gasteiger partial charge in [-0.2, -0.15) is 0 Å². The molecule has 0 spiro atoms. The van der Waals surface area contributed by atoms with Gasteiger partial charge in [-0.05, 0) is 79.8 Å². The van der Waals surface area contributed by atoms with Gasteiger partial charge in [0.1, 0.15) is 22.9 Å². The third-order valence-electron chi connectivity index (χ3n) is 6.50. The summed E-state index contributed by atoms with van der Waals surface area (Å²) in [6.45, 7) is 1.58. The van der Waals surface area contributed by atoms with Gasteiger partial charge in [-0.25, -0.2) is 4.79 Å². The summed E-state index contributed by atoms with van der Waals surface area (Å²) >= 11 is 1.97. The fourth-order valence-corrected chi connectivity index (χ4v) is 6.79. The molecular formula is C31H34IO5S+. The van der Waals surface area contributed by atoms with E-state index in [0.29, 0.717) is 11.7 Å². The number of hydrogen-bond donors (Lipinski definition) is 0. The molecule has 0 N–H and O–H groups in total. The quantitative estimate of drug-likeness (QED) is 0.0731. The lowest BCUT2D eigenvalue weighted by Crippen LogP contribution is -2.20. The van der Waals surface area contributed by atoms with Crippen molar-refractivity contribution in [2.75, 3.05) is 19.8 Å². The Morgan fingerprint density at radius 3 is 2.03 bits per heavy atom. The van der Waals surface area contributed by atoms with Crippen molar-refractivity contribution in [2.45, 2.75) is 63.6 Å². The highest BCUT2D eigenvalue weighted by Crippen LogP contribution is 2.36. The van der Waals surface area contributed by atoms with E-state index in [9.17, 15) is 9.59 Å². The summed E-state index contributed by atoms with van der Waals surface area (Å²) < 4.78 is 15.5. The first-order chi connectivity index (χ1) is 18.5. The SMILES string of the molecule is CC(I)C(=O)OCCOC(=O)COc1ccc([S+](c2ccccc2)c2ccc(C3CCCCC3)cc2)cc1. The molecule has 2 atom stereocenters. The Kier molecular flexibility index (Phi) is 10.9. The van der Waals surface area contributed by atoms with E-state index < -0.39 is 5.97 Å². The van der Waals surface area contributed by atoms with Gasteiger partial charge >= 0.3 is 11.9 Å². The molecule has 5 nitrogen and oxygen atoms in total. The molecule has 1 fully saturated rings. The smallest absolute Gasteiger partial charge is 0.344 e. The van der Waals surface area contributed by atoms with Crippen LogP contribution in [-0.4, -0.2) is 35.7 Å². The minimum absolute atomic E-state index is 0.00957. The second-order valence-corrected chi connectivity index (χ2v) is 13.2. The monoisotopic (exact) mass is 645 g/mol. The average Bonchev–Trinajstić information content (AvgIpc) is 2.96. The summed E-state index contributed by atoms with van der Waals surface area (Å²) in [6, 6.07) is 27.7. The average molecular weight is 646 g/mol. The lowest BCUT2D eigenvalue weighted by molar-refractivity contribution is -0.152. The molecule has 1 aliphatic carbocycles. The number of alkyl halides is 1. The molecule has 1 saturated carbocycles. The van der Waals surface area contributed by atoms with E-state index in [1.54, 1.807) is 6.92 Å². The van der Waals surface area contributed by atoms with Crippen LogP contribution in [0.3, 0.4) is 0 Å². The third kappa shape index (κ3) is 8.24. The minimum Gasteiger partial charge on any atom is -0.482 e. The van der Waals surface area contributed by atoms with Gasteiger partial charge in [0.05, 0.1) is 10.9 Å². The van der Waals surface area contributed by atoms with E-state index in [-0.39, 0.29) is 40.6 Å². The number of rotatable bonds is 11. The zero-order valence-electron chi connectivity index (χ0n) is 21.6. The molecule has 0 amide bonds. The summed E-state index contributed by atoms with van der Waals surface area (Å²) in [6.07, 6.45) is 6.62. The summed E-state index contributed by atoms with van der Waals surface area (Å²) in [4.78, 5) is 27.2. The van der Waals surface area contributed by atoms with Gasteiger partial charge in [0.25, 0.3) is 0 Å². The van der Waals surface area contributed by atoms with Crippen molar-refractivity contribution in [3.63, 3.8) is 0 Å². The van der Waals surface area contributed by atoms with Crippen LogP contribution in [0, 0.1) is 0 Å². The highest BCUT2D eigenvalue weighted by atomic mass is 127. The molecule has 7 heteroatoms. The first-order valence-corrected chi connectivity index (χ1v) is 15.6. The van der Waals surface area contributed by atoms with Crippen LogP contribution in [-0.2, 0) is 30.0 Å². The van der Waals surface area contributed by atoms with Crippen molar-refractivity contribution in [3.05, 3.63) is 84.4 Å². The highest BCUT2D eigenvalue weighted by molar-refractivity contribution is 14.1. The topological polar surface area (TPSA) is 61.8 Å². The molecule has 0 aliphatic heterocycles. The lowest BCUT2D eigenvalue weighted by atomic mass is 9.84. The van der Waals surface area contributed by atoms with Gasteiger partial charge in [0, 0.05) is 0 Å². The fourth-order valence-electron chi connectivity index (χ4n) is 4.55. The number of halogens is 1. The van der Waals surface area contributed by atoms with Crippen molar-refractivity contribution in [1.29, 1.82) is 0 Å². The molecule has 0 heterocycles. The maximum absolute atomic E-state index is 12.0. The van der Waals surface area contributed by atoms with Gasteiger partial charge in [-0.15, -0.1) is 0 Å². The van der Waals surface area contributed by atoms with Gasteiger partial charge in [-0.1, -0.05) is 72.2 Å². The Bertz CT molecular complexity index is 1160. The molecule has 3 aromatic rings. The fraction of sp³-hybridized carbons (Fsp3) is 0.355. The molecule has 38 heavy (non-hydrogen) atoms. The third-order valence-corrected chi connectivity index (χ3v) is 9.24. The van der Waals surface area contributed by atoms with Crippen molar-refractivity contribution < 1.29 is 23.8 Å². The molecule has 0 saturated heterocycles.